The van der Waals surface area contributed by atoms with Crippen LogP contribution in [0.15, 0.2) is 4.47 Å². The van der Waals surface area contributed by atoms with Gasteiger partial charge in [0.25, 0.3) is 0 Å². The molecule has 2 nitrogen and oxygen atoms in total. The van der Waals surface area contributed by atoms with E-state index in [2.05, 4.69) is 62.4 Å². The Labute approximate surface area is 121 Å². The summed E-state index contributed by atoms with van der Waals surface area (Å²) < 4.78 is 3.35. The molecule has 1 heterocycles. The van der Waals surface area contributed by atoms with Crippen LogP contribution in [0.25, 0.3) is 0 Å². The number of hydrogen-bond acceptors (Lipinski definition) is 1. The Morgan fingerprint density at radius 2 is 1.94 bits per heavy atom. The summed E-state index contributed by atoms with van der Waals surface area (Å²) in [4.78, 5) is 0.629. The summed E-state index contributed by atoms with van der Waals surface area (Å²) in [6.45, 7) is 7.49. The molecule has 0 bridgehead atoms. The second kappa shape index (κ2) is 7.57. The second-order valence-electron chi connectivity index (χ2n) is 4.30. The van der Waals surface area contributed by atoms with E-state index in [4.69, 9.17) is 0 Å². The summed E-state index contributed by atoms with van der Waals surface area (Å²) in [6.07, 6.45) is 5.76. The largest absolute Gasteiger partial charge is 0.268 e. The molecule has 1 aromatic rings. The van der Waals surface area contributed by atoms with E-state index < -0.39 is 0 Å². The van der Waals surface area contributed by atoms with Crippen LogP contribution < -0.4 is 0 Å². The van der Waals surface area contributed by atoms with E-state index in [0.29, 0.717) is 4.83 Å². The molecule has 1 unspecified atom stereocenters. The Kier molecular flexibility index (Phi) is 6.78. The van der Waals surface area contributed by atoms with Crippen molar-refractivity contribution in [2.24, 2.45) is 0 Å². The molecular weight excluding hydrogens is 344 g/mol. The third kappa shape index (κ3) is 4.09. The van der Waals surface area contributed by atoms with E-state index in [1.807, 2.05) is 0 Å². The second-order valence-corrected chi connectivity index (χ2v) is 6.39. The minimum atomic E-state index is 0.629. The summed E-state index contributed by atoms with van der Waals surface area (Å²) >= 11 is 7.44. The first-order valence-corrected chi connectivity index (χ1v) is 8.22. The summed E-state index contributed by atoms with van der Waals surface area (Å²) in [5.74, 6) is 0. The normalized spacial score (nSPS) is 13.0. The van der Waals surface area contributed by atoms with Gasteiger partial charge in [-0.25, -0.2) is 0 Å². The molecule has 1 rings (SSSR count). The Morgan fingerprint density at radius 3 is 2.47 bits per heavy atom. The van der Waals surface area contributed by atoms with Crippen molar-refractivity contribution in [2.75, 3.05) is 0 Å². The summed E-state index contributed by atoms with van der Waals surface area (Å²) in [5.41, 5.74) is 2.54. The zero-order valence-electron chi connectivity index (χ0n) is 11.0. The number of hydrogen-bond donors (Lipinski definition) is 0. The molecule has 0 amide bonds. The van der Waals surface area contributed by atoms with E-state index in [0.717, 1.165) is 19.4 Å². The Bertz CT molecular complexity index is 347. The molecule has 0 aromatic carbocycles. The maximum absolute atomic E-state index is 4.63. The van der Waals surface area contributed by atoms with Crippen molar-refractivity contribution in [1.29, 1.82) is 0 Å². The third-order valence-electron chi connectivity index (χ3n) is 2.99. The van der Waals surface area contributed by atoms with Crippen molar-refractivity contribution in [3.8, 4) is 0 Å². The van der Waals surface area contributed by atoms with Gasteiger partial charge in [0.2, 0.25) is 0 Å². The van der Waals surface area contributed by atoms with Crippen LogP contribution in [0.3, 0.4) is 0 Å². The van der Waals surface area contributed by atoms with Gasteiger partial charge in [0.1, 0.15) is 0 Å². The minimum Gasteiger partial charge on any atom is -0.268 e. The zero-order chi connectivity index (χ0) is 12.8. The minimum absolute atomic E-state index is 0.629. The van der Waals surface area contributed by atoms with Crippen LogP contribution in [0.2, 0.25) is 0 Å². The van der Waals surface area contributed by atoms with Crippen molar-refractivity contribution in [2.45, 2.75) is 64.2 Å². The zero-order valence-corrected chi connectivity index (χ0v) is 14.1. The third-order valence-corrected chi connectivity index (χ3v) is 4.82. The van der Waals surface area contributed by atoms with E-state index in [1.54, 1.807) is 0 Å². The Balaban J connectivity index is 2.72. The molecule has 0 N–H and O–H groups in total. The van der Waals surface area contributed by atoms with Crippen LogP contribution in [-0.2, 0) is 19.4 Å². The van der Waals surface area contributed by atoms with E-state index >= 15 is 0 Å². The molecule has 0 fully saturated rings. The topological polar surface area (TPSA) is 17.8 Å². The average molecular weight is 366 g/mol. The van der Waals surface area contributed by atoms with Gasteiger partial charge < -0.3 is 0 Å². The van der Waals surface area contributed by atoms with Gasteiger partial charge in [-0.15, -0.1) is 0 Å². The molecule has 0 saturated heterocycles. The molecule has 0 saturated carbocycles. The molecule has 98 valence electrons. The van der Waals surface area contributed by atoms with Gasteiger partial charge >= 0.3 is 0 Å². The molecule has 0 aliphatic heterocycles. The van der Waals surface area contributed by atoms with E-state index in [9.17, 15) is 0 Å². The highest BCUT2D eigenvalue weighted by atomic mass is 79.9. The lowest BCUT2D eigenvalue weighted by Crippen LogP contribution is -2.06. The number of aryl methyl sites for hydroxylation is 2. The first-order chi connectivity index (χ1) is 8.13. The van der Waals surface area contributed by atoms with Gasteiger partial charge in [-0.2, -0.15) is 5.10 Å². The van der Waals surface area contributed by atoms with Gasteiger partial charge in [-0.3, -0.25) is 4.68 Å². The first-order valence-electron chi connectivity index (χ1n) is 6.52. The Morgan fingerprint density at radius 1 is 1.24 bits per heavy atom. The maximum atomic E-state index is 4.63. The quantitative estimate of drug-likeness (QED) is 0.639. The van der Waals surface area contributed by atoms with Crippen LogP contribution in [0, 0.1) is 0 Å². The van der Waals surface area contributed by atoms with Gasteiger partial charge in [-0.1, -0.05) is 36.2 Å². The van der Waals surface area contributed by atoms with Gasteiger partial charge in [-0.05, 0) is 48.5 Å². The lowest BCUT2D eigenvalue weighted by Gasteiger charge is -2.09. The smallest absolute Gasteiger partial charge is 0.0766 e. The molecule has 1 atom stereocenters. The monoisotopic (exact) mass is 364 g/mol. The van der Waals surface area contributed by atoms with Gasteiger partial charge in [0, 0.05) is 11.4 Å². The van der Waals surface area contributed by atoms with Crippen LogP contribution >= 0.6 is 31.9 Å². The summed E-state index contributed by atoms with van der Waals surface area (Å²) in [5, 5.41) is 4.63. The lowest BCUT2D eigenvalue weighted by molar-refractivity contribution is 0.593. The molecule has 17 heavy (non-hydrogen) atoms. The van der Waals surface area contributed by atoms with Crippen LogP contribution in [0.5, 0.6) is 0 Å². The predicted molar refractivity (Wildman–Crippen MR) is 80.9 cm³/mol. The van der Waals surface area contributed by atoms with Crippen LogP contribution in [-0.4, -0.2) is 14.6 Å². The SMILES string of the molecule is CCCC(Br)CCc1c(Br)c(CC)nn1CC. The number of nitrogens with zero attached hydrogens (tertiary/aromatic N) is 2. The van der Waals surface area contributed by atoms with E-state index in [-0.39, 0.29) is 0 Å². The first kappa shape index (κ1) is 15.2. The number of alkyl halides is 1. The fraction of sp³-hybridized carbons (Fsp3) is 0.769. The molecule has 0 aliphatic rings. The standard InChI is InChI=1S/C13H22Br2N2/c1-4-7-10(14)8-9-12-13(15)11(5-2)16-17(12)6-3/h10H,4-9H2,1-3H3. The fourth-order valence-electron chi connectivity index (χ4n) is 2.01. The molecule has 0 radical (unpaired) electrons. The predicted octanol–water partition coefficient (Wildman–Crippen LogP) is 4.72. The van der Waals surface area contributed by atoms with Crippen molar-refractivity contribution < 1.29 is 0 Å². The average Bonchev–Trinajstić information content (AvgIpc) is 2.63. The summed E-state index contributed by atoms with van der Waals surface area (Å²) in [7, 11) is 0. The number of rotatable bonds is 7. The molecule has 1 aromatic heterocycles. The number of aromatic nitrogens is 2. The van der Waals surface area contributed by atoms with Crippen LogP contribution in [0.4, 0.5) is 0 Å². The van der Waals surface area contributed by atoms with Gasteiger partial charge in [0.05, 0.1) is 15.9 Å². The maximum Gasteiger partial charge on any atom is 0.0766 e. The van der Waals surface area contributed by atoms with Crippen LogP contribution in [0.1, 0.15) is 51.4 Å². The Hall–Kier alpha value is 0.170. The highest BCUT2D eigenvalue weighted by Gasteiger charge is 2.14. The van der Waals surface area contributed by atoms with Crippen molar-refractivity contribution >= 4 is 31.9 Å². The molecule has 0 aliphatic carbocycles. The summed E-state index contributed by atoms with van der Waals surface area (Å²) in [6, 6.07) is 0. The van der Waals surface area contributed by atoms with Crippen molar-refractivity contribution in [1.82, 2.24) is 9.78 Å². The van der Waals surface area contributed by atoms with Gasteiger partial charge in [0.15, 0.2) is 0 Å². The fourth-order valence-corrected chi connectivity index (χ4v) is 3.46. The highest BCUT2D eigenvalue weighted by Crippen LogP contribution is 2.25. The molecule has 0 spiro atoms. The van der Waals surface area contributed by atoms with E-state index in [1.165, 1.54) is 35.1 Å². The van der Waals surface area contributed by atoms with Crippen molar-refractivity contribution in [3.05, 3.63) is 15.9 Å². The molecule has 4 heteroatoms. The highest BCUT2D eigenvalue weighted by molar-refractivity contribution is 9.10. The van der Waals surface area contributed by atoms with Crippen molar-refractivity contribution in [3.63, 3.8) is 0 Å². The lowest BCUT2D eigenvalue weighted by atomic mass is 10.1. The number of halogens is 2. The molecular formula is C13H22Br2N2.